The third kappa shape index (κ3) is 4.25. The molecule has 0 aromatic heterocycles. The number of methoxy groups -OCH3 is 1. The summed E-state index contributed by atoms with van der Waals surface area (Å²) in [5.74, 6) is -1.91. The van der Waals surface area contributed by atoms with Gasteiger partial charge in [-0.25, -0.2) is 4.79 Å². The zero-order valence-electron chi connectivity index (χ0n) is 9.80. The van der Waals surface area contributed by atoms with E-state index in [1.807, 2.05) is 0 Å². The van der Waals surface area contributed by atoms with Crippen LogP contribution in [0.25, 0.3) is 0 Å². The van der Waals surface area contributed by atoms with Crippen molar-refractivity contribution in [1.82, 2.24) is 0 Å². The van der Waals surface area contributed by atoms with Gasteiger partial charge in [0.05, 0.1) is 19.1 Å². The molecule has 0 heterocycles. The lowest BCUT2D eigenvalue weighted by Gasteiger charge is -2.05. The van der Waals surface area contributed by atoms with E-state index < -0.39 is 11.9 Å². The Morgan fingerprint density at radius 3 is 2.61 bits per heavy atom. The minimum atomic E-state index is -1.07. The Labute approximate surface area is 104 Å². The molecule has 0 saturated carbocycles. The maximum Gasteiger partial charge on any atom is 0.335 e. The molecule has 0 aliphatic heterocycles. The van der Waals surface area contributed by atoms with E-state index in [0.717, 1.165) is 0 Å². The number of rotatable bonds is 5. The number of nitrogens with one attached hydrogen (secondary N) is 1. The number of carbonyl (C=O) groups is 3. The molecule has 6 heteroatoms. The van der Waals surface area contributed by atoms with Gasteiger partial charge < -0.3 is 15.2 Å². The van der Waals surface area contributed by atoms with E-state index in [4.69, 9.17) is 5.11 Å². The fourth-order valence-corrected chi connectivity index (χ4v) is 1.27. The number of carbonyl (C=O) groups excluding carboxylic acids is 2. The summed E-state index contributed by atoms with van der Waals surface area (Å²) in [5.41, 5.74) is 0.463. The Morgan fingerprint density at radius 2 is 2.00 bits per heavy atom. The molecule has 1 rings (SSSR count). The number of ether oxygens (including phenoxy) is 1. The van der Waals surface area contributed by atoms with Gasteiger partial charge >= 0.3 is 11.9 Å². The average molecular weight is 251 g/mol. The molecule has 0 spiro atoms. The lowest BCUT2D eigenvalue weighted by molar-refractivity contribution is -0.141. The first-order valence-electron chi connectivity index (χ1n) is 5.23. The van der Waals surface area contributed by atoms with E-state index in [0.29, 0.717) is 5.69 Å². The van der Waals surface area contributed by atoms with E-state index in [2.05, 4.69) is 10.1 Å². The van der Waals surface area contributed by atoms with Crippen molar-refractivity contribution in [3.05, 3.63) is 29.8 Å². The molecule has 18 heavy (non-hydrogen) atoms. The smallest absolute Gasteiger partial charge is 0.335 e. The number of benzene rings is 1. The van der Waals surface area contributed by atoms with Gasteiger partial charge in [-0.3, -0.25) is 9.59 Å². The molecule has 1 aromatic rings. The van der Waals surface area contributed by atoms with Gasteiger partial charge in [0, 0.05) is 12.1 Å². The van der Waals surface area contributed by atoms with Crippen LogP contribution in [0.2, 0.25) is 0 Å². The number of hydrogen-bond acceptors (Lipinski definition) is 4. The van der Waals surface area contributed by atoms with Crippen LogP contribution in [0.5, 0.6) is 0 Å². The first-order valence-corrected chi connectivity index (χ1v) is 5.23. The standard InChI is InChI=1S/C12H13NO5/c1-18-11(15)6-5-10(14)13-9-4-2-3-8(7-9)12(16)17/h2-4,7H,5-6H2,1H3,(H,13,14)(H,16,17). The molecule has 0 fully saturated rings. The van der Waals surface area contributed by atoms with Crippen molar-refractivity contribution in [1.29, 1.82) is 0 Å². The maximum absolute atomic E-state index is 11.4. The summed E-state index contributed by atoms with van der Waals surface area (Å²) in [6, 6.07) is 5.87. The summed E-state index contributed by atoms with van der Waals surface area (Å²) in [7, 11) is 1.25. The van der Waals surface area contributed by atoms with Crippen LogP contribution in [-0.2, 0) is 14.3 Å². The predicted molar refractivity (Wildman–Crippen MR) is 63.3 cm³/mol. The molecule has 6 nitrogen and oxygen atoms in total. The lowest BCUT2D eigenvalue weighted by atomic mass is 10.2. The van der Waals surface area contributed by atoms with Crippen LogP contribution in [-0.4, -0.2) is 30.1 Å². The fourth-order valence-electron chi connectivity index (χ4n) is 1.27. The van der Waals surface area contributed by atoms with Crippen LogP contribution in [0.15, 0.2) is 24.3 Å². The number of hydrogen-bond donors (Lipinski definition) is 2. The van der Waals surface area contributed by atoms with E-state index in [1.165, 1.54) is 25.3 Å². The number of carboxylic acid groups (broad SMARTS) is 1. The normalized spacial score (nSPS) is 9.61. The van der Waals surface area contributed by atoms with Gasteiger partial charge in [0.15, 0.2) is 0 Å². The fraction of sp³-hybridized carbons (Fsp3) is 0.250. The highest BCUT2D eigenvalue weighted by atomic mass is 16.5. The van der Waals surface area contributed by atoms with E-state index in [-0.39, 0.29) is 24.3 Å². The van der Waals surface area contributed by atoms with Crippen molar-refractivity contribution >= 4 is 23.5 Å². The van der Waals surface area contributed by atoms with Gasteiger partial charge in [0.2, 0.25) is 5.91 Å². The second-order valence-electron chi connectivity index (χ2n) is 3.51. The number of aromatic carboxylic acids is 1. The second kappa shape index (κ2) is 6.39. The topological polar surface area (TPSA) is 92.7 Å². The van der Waals surface area contributed by atoms with Crippen molar-refractivity contribution in [2.45, 2.75) is 12.8 Å². The first-order chi connectivity index (χ1) is 8.52. The molecule has 0 unspecified atom stereocenters. The minimum Gasteiger partial charge on any atom is -0.478 e. The Balaban J connectivity index is 2.56. The largest absolute Gasteiger partial charge is 0.478 e. The van der Waals surface area contributed by atoms with Gasteiger partial charge in [-0.15, -0.1) is 0 Å². The molecule has 0 bridgehead atoms. The number of amides is 1. The molecule has 2 N–H and O–H groups in total. The average Bonchev–Trinajstić information content (AvgIpc) is 2.36. The predicted octanol–water partition coefficient (Wildman–Crippen LogP) is 1.28. The van der Waals surface area contributed by atoms with Crippen molar-refractivity contribution < 1.29 is 24.2 Å². The summed E-state index contributed by atoms with van der Waals surface area (Å²) in [6.07, 6.45) is -0.0229. The monoisotopic (exact) mass is 251 g/mol. The van der Waals surface area contributed by atoms with Crippen LogP contribution in [0.4, 0.5) is 5.69 Å². The second-order valence-corrected chi connectivity index (χ2v) is 3.51. The van der Waals surface area contributed by atoms with Crippen LogP contribution >= 0.6 is 0 Å². The molecule has 96 valence electrons. The summed E-state index contributed by atoms with van der Waals surface area (Å²) >= 11 is 0. The summed E-state index contributed by atoms with van der Waals surface area (Å²) in [4.78, 5) is 33.0. The van der Waals surface area contributed by atoms with E-state index in [9.17, 15) is 14.4 Å². The summed E-state index contributed by atoms with van der Waals surface area (Å²) in [5, 5.41) is 11.3. The Kier molecular flexibility index (Phi) is 4.86. The third-order valence-electron chi connectivity index (χ3n) is 2.18. The summed E-state index contributed by atoms with van der Waals surface area (Å²) in [6.45, 7) is 0. The van der Waals surface area contributed by atoms with E-state index in [1.54, 1.807) is 6.07 Å². The Morgan fingerprint density at radius 1 is 1.28 bits per heavy atom. The van der Waals surface area contributed by atoms with Gasteiger partial charge in [0.1, 0.15) is 0 Å². The molecule has 0 saturated heterocycles. The molecule has 1 aromatic carbocycles. The third-order valence-corrected chi connectivity index (χ3v) is 2.18. The van der Waals surface area contributed by atoms with Gasteiger partial charge in [-0.1, -0.05) is 6.07 Å². The Bertz CT molecular complexity index is 469. The van der Waals surface area contributed by atoms with Crippen LogP contribution in [0, 0.1) is 0 Å². The molecular weight excluding hydrogens is 238 g/mol. The van der Waals surface area contributed by atoms with Crippen LogP contribution < -0.4 is 5.32 Å². The maximum atomic E-state index is 11.4. The van der Waals surface area contributed by atoms with Gasteiger partial charge in [0.25, 0.3) is 0 Å². The zero-order chi connectivity index (χ0) is 13.5. The van der Waals surface area contributed by atoms with Crippen LogP contribution in [0.1, 0.15) is 23.2 Å². The highest BCUT2D eigenvalue weighted by molar-refractivity contribution is 5.94. The first kappa shape index (κ1) is 13.7. The summed E-state index contributed by atoms with van der Waals surface area (Å²) < 4.78 is 4.40. The molecular formula is C12H13NO5. The van der Waals surface area contributed by atoms with Crippen molar-refractivity contribution in [2.24, 2.45) is 0 Å². The lowest BCUT2D eigenvalue weighted by Crippen LogP contribution is -2.14. The van der Waals surface area contributed by atoms with Crippen molar-refractivity contribution in [3.63, 3.8) is 0 Å². The molecule has 0 aliphatic rings. The van der Waals surface area contributed by atoms with Crippen molar-refractivity contribution in [2.75, 3.05) is 12.4 Å². The number of esters is 1. The zero-order valence-corrected chi connectivity index (χ0v) is 9.80. The van der Waals surface area contributed by atoms with Gasteiger partial charge in [-0.2, -0.15) is 0 Å². The molecule has 0 atom stereocenters. The quantitative estimate of drug-likeness (QED) is 0.769. The molecule has 1 amide bonds. The van der Waals surface area contributed by atoms with E-state index >= 15 is 0 Å². The number of anilines is 1. The van der Waals surface area contributed by atoms with Crippen LogP contribution in [0.3, 0.4) is 0 Å². The van der Waals surface area contributed by atoms with Crippen molar-refractivity contribution in [3.8, 4) is 0 Å². The number of carboxylic acids is 1. The molecule has 0 radical (unpaired) electrons. The highest BCUT2D eigenvalue weighted by Gasteiger charge is 2.08. The SMILES string of the molecule is COC(=O)CCC(=O)Nc1cccc(C(=O)O)c1. The van der Waals surface area contributed by atoms with Gasteiger partial charge in [-0.05, 0) is 18.2 Å². The Hall–Kier alpha value is -2.37. The molecule has 0 aliphatic carbocycles. The minimum absolute atomic E-state index is 0.00995. The highest BCUT2D eigenvalue weighted by Crippen LogP contribution is 2.11.